The van der Waals surface area contributed by atoms with Crippen LogP contribution in [0.15, 0.2) is 51.4 Å². The van der Waals surface area contributed by atoms with Crippen molar-refractivity contribution >= 4 is 49.4 Å². The van der Waals surface area contributed by atoms with Crippen LogP contribution in [-0.4, -0.2) is 24.0 Å². The van der Waals surface area contributed by atoms with Crippen LogP contribution in [0, 0.1) is 0 Å². The van der Waals surface area contributed by atoms with E-state index in [1.807, 2.05) is 6.07 Å². The van der Waals surface area contributed by atoms with Crippen molar-refractivity contribution in [3.63, 3.8) is 0 Å². The Labute approximate surface area is 138 Å². The Morgan fingerprint density at radius 1 is 0.952 bits per heavy atom. The summed E-state index contributed by atoms with van der Waals surface area (Å²) in [6.45, 7) is 0. The number of hydrogen-bond acceptors (Lipinski definition) is 2. The number of carbonyl (C=O) groups excluding carboxylic acids is 1. The summed E-state index contributed by atoms with van der Waals surface area (Å²) in [5.41, 5.74) is 1.34. The first-order valence-corrected chi connectivity index (χ1v) is 7.54. The molecule has 0 radical (unpaired) electrons. The number of amides is 1. The van der Waals surface area contributed by atoms with E-state index in [1.165, 1.54) is 17.0 Å². The molecule has 1 amide bonds. The fourth-order valence-corrected chi connectivity index (χ4v) is 3.11. The van der Waals surface area contributed by atoms with Crippen molar-refractivity contribution in [3.05, 3.63) is 62.5 Å². The van der Waals surface area contributed by atoms with E-state index in [4.69, 9.17) is 5.11 Å². The van der Waals surface area contributed by atoms with Crippen LogP contribution in [-0.2, 0) is 0 Å². The van der Waals surface area contributed by atoms with E-state index in [0.29, 0.717) is 11.3 Å². The predicted octanol–water partition coefficient (Wildman–Crippen LogP) is 4.19. The summed E-state index contributed by atoms with van der Waals surface area (Å²) >= 11 is 6.69. The van der Waals surface area contributed by atoms with Crippen LogP contribution in [0.3, 0.4) is 0 Å². The maximum Gasteiger partial charge on any atom is 0.335 e. The monoisotopic (exact) mass is 411 g/mol. The number of carbonyl (C=O) groups is 2. The van der Waals surface area contributed by atoms with Gasteiger partial charge in [-0.1, -0.05) is 31.9 Å². The van der Waals surface area contributed by atoms with Crippen molar-refractivity contribution in [2.45, 2.75) is 0 Å². The number of anilines is 1. The quantitative estimate of drug-likeness (QED) is 0.822. The Balaban J connectivity index is 2.28. The summed E-state index contributed by atoms with van der Waals surface area (Å²) < 4.78 is 1.60. The Morgan fingerprint density at radius 2 is 1.48 bits per heavy atom. The third-order valence-electron chi connectivity index (χ3n) is 2.92. The first-order chi connectivity index (χ1) is 9.88. The molecule has 0 saturated heterocycles. The standard InChI is InChI=1S/C15H11Br2NO3/c1-18(13-4-2-9(3-5-13)15(20)21)14(19)10-6-11(16)8-12(17)7-10/h2-8H,1H3,(H,20,21). The van der Waals surface area contributed by atoms with E-state index in [-0.39, 0.29) is 11.5 Å². The molecule has 0 unspecified atom stereocenters. The molecule has 0 spiro atoms. The maximum absolute atomic E-state index is 12.4. The molecule has 1 N–H and O–H groups in total. The van der Waals surface area contributed by atoms with Crippen LogP contribution < -0.4 is 4.90 Å². The molecule has 0 atom stereocenters. The molecule has 2 aromatic carbocycles. The van der Waals surface area contributed by atoms with E-state index in [2.05, 4.69) is 31.9 Å². The number of nitrogens with zero attached hydrogens (tertiary/aromatic N) is 1. The molecule has 2 rings (SSSR count). The number of carboxylic acid groups (broad SMARTS) is 1. The topological polar surface area (TPSA) is 57.6 Å². The predicted molar refractivity (Wildman–Crippen MR) is 88.0 cm³/mol. The minimum atomic E-state index is -0.994. The van der Waals surface area contributed by atoms with E-state index in [0.717, 1.165) is 8.95 Å². The summed E-state index contributed by atoms with van der Waals surface area (Å²) in [6.07, 6.45) is 0. The van der Waals surface area contributed by atoms with Gasteiger partial charge < -0.3 is 10.0 Å². The highest BCUT2D eigenvalue weighted by Crippen LogP contribution is 2.23. The Kier molecular flexibility index (Phi) is 4.80. The largest absolute Gasteiger partial charge is 0.478 e. The molecule has 0 aliphatic rings. The van der Waals surface area contributed by atoms with E-state index < -0.39 is 5.97 Å². The number of carboxylic acids is 1. The lowest BCUT2D eigenvalue weighted by Crippen LogP contribution is -2.26. The lowest BCUT2D eigenvalue weighted by Gasteiger charge is -2.18. The van der Waals surface area contributed by atoms with Gasteiger partial charge in [0.2, 0.25) is 0 Å². The lowest BCUT2D eigenvalue weighted by atomic mass is 10.1. The molecule has 108 valence electrons. The zero-order chi connectivity index (χ0) is 15.6. The zero-order valence-electron chi connectivity index (χ0n) is 11.0. The zero-order valence-corrected chi connectivity index (χ0v) is 14.2. The molecular formula is C15H11Br2NO3. The molecule has 2 aromatic rings. The van der Waals surface area contributed by atoms with Gasteiger partial charge >= 0.3 is 5.97 Å². The molecule has 0 fully saturated rings. The Morgan fingerprint density at radius 3 is 1.95 bits per heavy atom. The second kappa shape index (κ2) is 6.41. The minimum Gasteiger partial charge on any atom is -0.478 e. The van der Waals surface area contributed by atoms with Crippen molar-refractivity contribution < 1.29 is 14.7 Å². The van der Waals surface area contributed by atoms with Crippen molar-refractivity contribution in [2.24, 2.45) is 0 Å². The number of aromatic carboxylic acids is 1. The van der Waals surface area contributed by atoms with Gasteiger partial charge in [0, 0.05) is 27.2 Å². The minimum absolute atomic E-state index is 0.180. The highest BCUT2D eigenvalue weighted by Gasteiger charge is 2.15. The third-order valence-corrected chi connectivity index (χ3v) is 3.83. The Bertz CT molecular complexity index is 678. The number of rotatable bonds is 3. The molecule has 0 aliphatic heterocycles. The van der Waals surface area contributed by atoms with Gasteiger partial charge in [-0.25, -0.2) is 4.79 Å². The number of benzene rings is 2. The van der Waals surface area contributed by atoms with Gasteiger partial charge in [0.25, 0.3) is 5.91 Å². The Hall–Kier alpha value is -1.66. The van der Waals surface area contributed by atoms with Crippen LogP contribution in [0.4, 0.5) is 5.69 Å². The van der Waals surface area contributed by atoms with Gasteiger partial charge in [-0.05, 0) is 42.5 Å². The summed E-state index contributed by atoms with van der Waals surface area (Å²) in [5.74, 6) is -1.17. The van der Waals surface area contributed by atoms with Gasteiger partial charge in [-0.15, -0.1) is 0 Å². The average Bonchev–Trinajstić information content (AvgIpc) is 2.44. The molecule has 4 nitrogen and oxygen atoms in total. The summed E-state index contributed by atoms with van der Waals surface area (Å²) in [7, 11) is 1.65. The van der Waals surface area contributed by atoms with Gasteiger partial charge in [-0.3, -0.25) is 4.79 Å². The summed E-state index contributed by atoms with van der Waals surface area (Å²) in [6, 6.07) is 11.5. The van der Waals surface area contributed by atoms with E-state index in [1.54, 1.807) is 31.3 Å². The highest BCUT2D eigenvalue weighted by molar-refractivity contribution is 9.11. The van der Waals surface area contributed by atoms with Crippen molar-refractivity contribution in [3.8, 4) is 0 Å². The molecule has 0 heterocycles. The van der Waals surface area contributed by atoms with Crippen molar-refractivity contribution in [1.82, 2.24) is 0 Å². The molecule has 0 saturated carbocycles. The van der Waals surface area contributed by atoms with Gasteiger partial charge in [0.15, 0.2) is 0 Å². The normalized spacial score (nSPS) is 10.2. The van der Waals surface area contributed by atoms with Gasteiger partial charge in [-0.2, -0.15) is 0 Å². The van der Waals surface area contributed by atoms with E-state index in [9.17, 15) is 9.59 Å². The molecule has 0 bridgehead atoms. The van der Waals surface area contributed by atoms with Crippen LogP contribution in [0.25, 0.3) is 0 Å². The molecule has 0 aromatic heterocycles. The third kappa shape index (κ3) is 3.71. The highest BCUT2D eigenvalue weighted by atomic mass is 79.9. The summed E-state index contributed by atoms with van der Waals surface area (Å²) in [4.78, 5) is 24.7. The summed E-state index contributed by atoms with van der Waals surface area (Å²) in [5, 5.41) is 8.87. The van der Waals surface area contributed by atoms with Crippen molar-refractivity contribution in [2.75, 3.05) is 11.9 Å². The van der Waals surface area contributed by atoms with Gasteiger partial charge in [0.1, 0.15) is 0 Å². The molecule has 21 heavy (non-hydrogen) atoms. The second-order valence-electron chi connectivity index (χ2n) is 4.37. The van der Waals surface area contributed by atoms with Crippen molar-refractivity contribution in [1.29, 1.82) is 0 Å². The fraction of sp³-hybridized carbons (Fsp3) is 0.0667. The molecule has 6 heteroatoms. The molecular weight excluding hydrogens is 402 g/mol. The van der Waals surface area contributed by atoms with E-state index >= 15 is 0 Å². The van der Waals surface area contributed by atoms with Crippen LogP contribution in [0.5, 0.6) is 0 Å². The lowest BCUT2D eigenvalue weighted by molar-refractivity contribution is 0.0696. The molecule has 0 aliphatic carbocycles. The SMILES string of the molecule is CN(C(=O)c1cc(Br)cc(Br)c1)c1ccc(C(=O)O)cc1. The van der Waals surface area contributed by atoms with Crippen LogP contribution >= 0.6 is 31.9 Å². The first-order valence-electron chi connectivity index (χ1n) is 5.96. The maximum atomic E-state index is 12.4. The number of halogens is 2. The first kappa shape index (κ1) is 15.7. The fourth-order valence-electron chi connectivity index (χ4n) is 1.82. The van der Waals surface area contributed by atoms with Gasteiger partial charge in [0.05, 0.1) is 5.56 Å². The second-order valence-corrected chi connectivity index (χ2v) is 6.21. The van der Waals surface area contributed by atoms with Crippen LogP contribution in [0.1, 0.15) is 20.7 Å². The number of hydrogen-bond donors (Lipinski definition) is 1. The average molecular weight is 413 g/mol. The smallest absolute Gasteiger partial charge is 0.335 e. The van der Waals surface area contributed by atoms with Crippen LogP contribution in [0.2, 0.25) is 0 Å².